The number of aliphatic hydroxyl groups is 1. The van der Waals surface area contributed by atoms with Gasteiger partial charge in [-0.1, -0.05) is 45.9 Å². The van der Waals surface area contributed by atoms with Gasteiger partial charge in [0, 0.05) is 55.2 Å². The van der Waals surface area contributed by atoms with E-state index in [1.54, 1.807) is 46.1 Å². The fourth-order valence-corrected chi connectivity index (χ4v) is 8.75. The number of methoxy groups -OCH3 is 1. The number of ketones is 1. The Morgan fingerprint density at radius 3 is 2.45 bits per heavy atom. The Kier molecular flexibility index (Phi) is 14.6. The van der Waals surface area contributed by atoms with E-state index in [4.69, 9.17) is 23.7 Å². The first-order valence-electron chi connectivity index (χ1n) is 19.4. The molecule has 308 valence electrons. The monoisotopic (exact) mass is 774 g/mol. The number of nitrogens with one attached hydrogen (secondary N) is 1. The highest BCUT2D eigenvalue weighted by molar-refractivity contribution is 5.88. The van der Waals surface area contributed by atoms with Gasteiger partial charge in [-0.15, -0.1) is 0 Å². The largest absolute Gasteiger partial charge is 0.455 e. The molecule has 3 aliphatic rings. The molecule has 1 aromatic carbocycles. The van der Waals surface area contributed by atoms with Crippen LogP contribution < -0.4 is 5.43 Å². The number of hydrazine groups is 1. The van der Waals surface area contributed by atoms with E-state index in [1.165, 1.54) is 17.1 Å². The van der Waals surface area contributed by atoms with E-state index < -0.39 is 76.6 Å². The first-order valence-corrected chi connectivity index (χ1v) is 19.4. The van der Waals surface area contributed by atoms with Gasteiger partial charge < -0.3 is 33.7 Å². The number of carbonyl (C=O) groups excluding carboxylic acids is 3. The van der Waals surface area contributed by atoms with E-state index in [0.29, 0.717) is 37.8 Å². The number of cyclic esters (lactones) is 1. The maximum absolute atomic E-state index is 14.6. The molecule has 15 heteroatoms. The van der Waals surface area contributed by atoms with Crippen LogP contribution >= 0.6 is 0 Å². The maximum Gasteiger partial charge on any atom is 0.425 e. The number of hydrogen-bond acceptors (Lipinski definition) is 13. The van der Waals surface area contributed by atoms with E-state index >= 15 is 0 Å². The smallest absolute Gasteiger partial charge is 0.425 e. The van der Waals surface area contributed by atoms with Crippen molar-refractivity contribution in [3.05, 3.63) is 51.6 Å². The SMILES string of the molecule is CC[C@H]1OC(=O)/C(C)=C/[C@H](C)[C@@H](O[C@@H]2O[C@H](C)C[C@H](N(C)C)[C@H]2O)[C@@](C)(OC)C[C@@H](C)C(=O)[C@H](C)[C@H]2N(NCCCc3cccc([N+](=O)[O-])c3)C(=O)O[C@]12C. The fraction of sp³-hybridized carbons (Fsp3) is 0.725. The zero-order valence-corrected chi connectivity index (χ0v) is 34.3. The molecule has 3 aliphatic heterocycles. The molecule has 0 saturated carbocycles. The number of likely N-dealkylation sites (N-methyl/N-ethyl adjacent to an activating group) is 1. The first kappa shape index (κ1) is 44.2. The zero-order chi connectivity index (χ0) is 41.0. The second-order valence-corrected chi connectivity index (χ2v) is 16.3. The lowest BCUT2D eigenvalue weighted by Gasteiger charge is -2.46. The van der Waals surface area contributed by atoms with Crippen LogP contribution in [-0.2, 0) is 39.7 Å². The summed E-state index contributed by atoms with van der Waals surface area (Å²) in [4.78, 5) is 54.9. The molecule has 4 rings (SSSR count). The van der Waals surface area contributed by atoms with Crippen molar-refractivity contribution in [1.82, 2.24) is 15.3 Å². The van der Waals surface area contributed by atoms with Gasteiger partial charge in [0.15, 0.2) is 11.9 Å². The van der Waals surface area contributed by atoms with Crippen molar-refractivity contribution in [1.29, 1.82) is 0 Å². The number of fused-ring (bicyclic) bond motifs is 1. The van der Waals surface area contributed by atoms with Crippen molar-refractivity contribution in [2.45, 2.75) is 141 Å². The molecular weight excluding hydrogens is 712 g/mol. The van der Waals surface area contributed by atoms with Crippen molar-refractivity contribution in [2.24, 2.45) is 17.8 Å². The molecule has 3 heterocycles. The Hall–Kier alpha value is -3.47. The summed E-state index contributed by atoms with van der Waals surface area (Å²) in [5.74, 6) is -2.65. The molecule has 1 amide bonds. The van der Waals surface area contributed by atoms with E-state index in [2.05, 4.69) is 5.43 Å². The molecule has 0 spiro atoms. The number of ether oxygens (including phenoxy) is 5. The summed E-state index contributed by atoms with van der Waals surface area (Å²) in [6.45, 7) is 14.7. The molecule has 0 unspecified atom stereocenters. The second-order valence-electron chi connectivity index (χ2n) is 16.3. The van der Waals surface area contributed by atoms with Crippen molar-refractivity contribution >= 4 is 23.5 Å². The molecule has 0 bridgehead atoms. The van der Waals surface area contributed by atoms with E-state index in [-0.39, 0.29) is 30.0 Å². The summed E-state index contributed by atoms with van der Waals surface area (Å²) in [5, 5.41) is 24.0. The predicted molar refractivity (Wildman–Crippen MR) is 204 cm³/mol. The van der Waals surface area contributed by atoms with E-state index in [0.717, 1.165) is 5.56 Å². The van der Waals surface area contributed by atoms with Crippen LogP contribution in [0.1, 0.15) is 86.6 Å². The lowest BCUT2D eigenvalue weighted by Crippen LogP contribution is -2.60. The number of nitro groups is 1. The third-order valence-corrected chi connectivity index (χ3v) is 11.7. The Bertz CT molecular complexity index is 1570. The Balaban J connectivity index is 1.68. The van der Waals surface area contributed by atoms with Gasteiger partial charge in [0.2, 0.25) is 0 Å². The number of benzene rings is 1. The van der Waals surface area contributed by atoms with Crippen molar-refractivity contribution in [3.8, 4) is 0 Å². The van der Waals surface area contributed by atoms with Gasteiger partial charge in [0.1, 0.15) is 24.0 Å². The van der Waals surface area contributed by atoms with Crippen molar-refractivity contribution in [2.75, 3.05) is 27.7 Å². The minimum Gasteiger partial charge on any atom is -0.455 e. The molecular formula is C40H62N4O11. The number of aliphatic hydroxyl groups excluding tert-OH is 1. The maximum atomic E-state index is 14.6. The van der Waals surface area contributed by atoms with Gasteiger partial charge in [-0.3, -0.25) is 14.9 Å². The highest BCUT2D eigenvalue weighted by Crippen LogP contribution is 2.42. The molecule has 2 fully saturated rings. The Morgan fingerprint density at radius 1 is 1.15 bits per heavy atom. The average molecular weight is 775 g/mol. The summed E-state index contributed by atoms with van der Waals surface area (Å²) in [7, 11) is 5.34. The molecule has 0 aromatic heterocycles. The van der Waals surface area contributed by atoms with Gasteiger partial charge in [-0.05, 0) is 79.5 Å². The molecule has 0 radical (unpaired) electrons. The molecule has 12 atom stereocenters. The first-order chi connectivity index (χ1) is 25.8. The van der Waals surface area contributed by atoms with Gasteiger partial charge in [-0.2, -0.15) is 0 Å². The number of nitro benzene ring substituents is 1. The van der Waals surface area contributed by atoms with Gasteiger partial charge in [-0.25, -0.2) is 20.0 Å². The highest BCUT2D eigenvalue weighted by Gasteiger charge is 2.60. The normalized spacial score (nSPS) is 37.4. The zero-order valence-electron chi connectivity index (χ0n) is 34.3. The minimum atomic E-state index is -1.41. The van der Waals surface area contributed by atoms with E-state index in [1.807, 2.05) is 53.6 Å². The molecule has 0 aliphatic carbocycles. The van der Waals surface area contributed by atoms with Crippen molar-refractivity contribution < 1.29 is 48.1 Å². The molecule has 2 N–H and O–H groups in total. The fourth-order valence-electron chi connectivity index (χ4n) is 8.75. The third kappa shape index (κ3) is 9.74. The van der Waals surface area contributed by atoms with E-state index in [9.17, 15) is 29.6 Å². The summed E-state index contributed by atoms with van der Waals surface area (Å²) in [5.41, 5.74) is 1.72. The van der Waals surface area contributed by atoms with Gasteiger partial charge in [0.25, 0.3) is 5.69 Å². The van der Waals surface area contributed by atoms with Crippen LogP contribution in [0.25, 0.3) is 0 Å². The Labute approximate surface area is 325 Å². The highest BCUT2D eigenvalue weighted by atomic mass is 16.7. The number of esters is 1. The number of nitrogens with zero attached hydrogens (tertiary/aromatic N) is 3. The van der Waals surface area contributed by atoms with Crippen LogP contribution in [-0.4, -0.2) is 120 Å². The second kappa shape index (κ2) is 18.2. The molecule has 2 saturated heterocycles. The number of non-ortho nitro benzene ring substituents is 1. The molecule has 1 aromatic rings. The lowest BCUT2D eigenvalue weighted by molar-refractivity contribution is -0.384. The number of carbonyl (C=O) groups is 3. The number of rotatable bonds is 11. The minimum absolute atomic E-state index is 0.000142. The van der Waals surface area contributed by atoms with Crippen LogP contribution in [0.3, 0.4) is 0 Å². The number of hydrogen-bond donors (Lipinski definition) is 2. The third-order valence-electron chi connectivity index (χ3n) is 11.7. The van der Waals surface area contributed by atoms with Crippen LogP contribution in [0.15, 0.2) is 35.9 Å². The summed E-state index contributed by atoms with van der Waals surface area (Å²) in [6.07, 6.45) is -0.718. The lowest BCUT2D eigenvalue weighted by atomic mass is 9.74. The van der Waals surface area contributed by atoms with Crippen LogP contribution in [0.2, 0.25) is 0 Å². The van der Waals surface area contributed by atoms with Gasteiger partial charge >= 0.3 is 12.1 Å². The van der Waals surface area contributed by atoms with Crippen LogP contribution in [0.4, 0.5) is 10.5 Å². The molecule has 55 heavy (non-hydrogen) atoms. The number of aryl methyl sites for hydroxylation is 1. The summed E-state index contributed by atoms with van der Waals surface area (Å²) < 4.78 is 31.3. The standard InChI is InChI=1S/C40H62N4O11/c1-12-31-40(8)34(43(38(48)55-40)41-18-14-16-28-15-13-17-29(21-28)44(49)50)27(6)32(45)25(4)22-39(7,51-11)35(23(2)19-24(3)36(47)53-31)54-37-33(46)30(42(9)10)20-26(5)52-37/h13,15,17,19,21,23,25-27,30-31,33-35,37,41,46H,12,14,16,18,20,22H2,1-11H3/b24-19+/t23-,25+,26+,27-,30-,31+,33+,34+,35+,37-,39-,40+/m0/s1. The summed E-state index contributed by atoms with van der Waals surface area (Å²) >= 11 is 0. The Morgan fingerprint density at radius 2 is 1.84 bits per heavy atom. The van der Waals surface area contributed by atoms with Gasteiger partial charge in [0.05, 0.1) is 22.7 Å². The molecule has 15 nitrogen and oxygen atoms in total. The number of Topliss-reactive ketones (excluding diaryl/α,β-unsaturated/α-hetero) is 1. The topological polar surface area (TPSA) is 179 Å². The predicted octanol–water partition coefficient (Wildman–Crippen LogP) is 4.98. The van der Waals surface area contributed by atoms with Crippen LogP contribution in [0, 0.1) is 27.9 Å². The summed E-state index contributed by atoms with van der Waals surface area (Å²) in [6, 6.07) is 5.29. The van der Waals surface area contributed by atoms with Crippen LogP contribution in [0.5, 0.6) is 0 Å². The quantitative estimate of drug-likeness (QED) is 0.133. The van der Waals surface area contributed by atoms with Crippen molar-refractivity contribution in [3.63, 3.8) is 0 Å². The number of amides is 1. The average Bonchev–Trinajstić information content (AvgIpc) is 3.39.